The van der Waals surface area contributed by atoms with Gasteiger partial charge >= 0.3 is 6.09 Å². The topological polar surface area (TPSA) is 72.9 Å². The summed E-state index contributed by atoms with van der Waals surface area (Å²) in [5.41, 5.74) is 2.75. The minimum atomic E-state index is -0.863. The summed E-state index contributed by atoms with van der Waals surface area (Å²) < 4.78 is 0. The van der Waals surface area contributed by atoms with Gasteiger partial charge in [-0.2, -0.15) is 0 Å². The number of nitrogens with zero attached hydrogens (tertiary/aromatic N) is 2. The number of carbonyl (C=O) groups is 2. The maximum atomic E-state index is 11.8. The third-order valence-corrected chi connectivity index (χ3v) is 3.69. The maximum Gasteiger partial charge on any atom is 0.407 e. The summed E-state index contributed by atoms with van der Waals surface area (Å²) in [5, 5.41) is 11.7. The second-order valence-corrected chi connectivity index (χ2v) is 5.12. The molecule has 1 heterocycles. The fourth-order valence-corrected chi connectivity index (χ4v) is 2.55. The first-order valence-electron chi connectivity index (χ1n) is 7.14. The minimum absolute atomic E-state index is 0.0668. The number of anilines is 1. The van der Waals surface area contributed by atoms with E-state index in [9.17, 15) is 9.59 Å². The van der Waals surface area contributed by atoms with E-state index in [0.717, 1.165) is 11.3 Å². The van der Waals surface area contributed by atoms with Crippen molar-refractivity contribution >= 4 is 17.7 Å². The van der Waals surface area contributed by atoms with Crippen LogP contribution in [0.5, 0.6) is 0 Å². The molecule has 1 aromatic rings. The SMILES string of the molecule is CCNC(=O)c1ccc(N2CCN(C(=O)O)CC2)c(C)c1. The smallest absolute Gasteiger partial charge is 0.407 e. The molecule has 21 heavy (non-hydrogen) atoms. The van der Waals surface area contributed by atoms with Gasteiger partial charge in [0, 0.05) is 44.0 Å². The standard InChI is InChI=1S/C15H21N3O3/c1-3-16-14(19)12-4-5-13(11(2)10-12)17-6-8-18(9-7-17)15(20)21/h4-5,10H,3,6-9H2,1-2H3,(H,16,19)(H,20,21). The lowest BCUT2D eigenvalue weighted by Gasteiger charge is -2.35. The van der Waals surface area contributed by atoms with Crippen molar-refractivity contribution in [3.63, 3.8) is 0 Å². The van der Waals surface area contributed by atoms with Gasteiger partial charge in [-0.1, -0.05) is 0 Å². The molecule has 0 saturated carbocycles. The quantitative estimate of drug-likeness (QED) is 0.886. The first-order chi connectivity index (χ1) is 10.0. The fraction of sp³-hybridized carbons (Fsp3) is 0.467. The molecule has 1 saturated heterocycles. The van der Waals surface area contributed by atoms with Crippen LogP contribution in [0.25, 0.3) is 0 Å². The molecule has 6 nitrogen and oxygen atoms in total. The molecule has 0 aromatic heterocycles. The van der Waals surface area contributed by atoms with Crippen LogP contribution in [0.2, 0.25) is 0 Å². The molecular formula is C15H21N3O3. The summed E-state index contributed by atoms with van der Waals surface area (Å²) in [6.45, 7) is 6.83. The molecule has 1 aliphatic heterocycles. The first-order valence-corrected chi connectivity index (χ1v) is 7.14. The molecule has 0 atom stereocenters. The van der Waals surface area contributed by atoms with Crippen molar-refractivity contribution in [2.24, 2.45) is 0 Å². The van der Waals surface area contributed by atoms with E-state index < -0.39 is 6.09 Å². The predicted octanol–water partition coefficient (Wildman–Crippen LogP) is 1.54. The Morgan fingerprint density at radius 1 is 1.24 bits per heavy atom. The van der Waals surface area contributed by atoms with Crippen LogP contribution >= 0.6 is 0 Å². The number of amides is 2. The average molecular weight is 291 g/mol. The summed E-state index contributed by atoms with van der Waals surface area (Å²) in [5.74, 6) is -0.0668. The van der Waals surface area contributed by atoms with Crippen LogP contribution in [0, 0.1) is 6.92 Å². The largest absolute Gasteiger partial charge is 0.465 e. The molecule has 6 heteroatoms. The van der Waals surface area contributed by atoms with Crippen LogP contribution in [0.3, 0.4) is 0 Å². The number of aryl methyl sites for hydroxylation is 1. The van der Waals surface area contributed by atoms with Gasteiger partial charge in [0.1, 0.15) is 0 Å². The van der Waals surface area contributed by atoms with Crippen molar-refractivity contribution in [2.45, 2.75) is 13.8 Å². The Bertz CT molecular complexity index is 537. The van der Waals surface area contributed by atoms with Crippen molar-refractivity contribution in [1.29, 1.82) is 0 Å². The van der Waals surface area contributed by atoms with E-state index >= 15 is 0 Å². The molecule has 0 bridgehead atoms. The zero-order valence-corrected chi connectivity index (χ0v) is 12.4. The molecule has 0 spiro atoms. The summed E-state index contributed by atoms with van der Waals surface area (Å²) in [6.07, 6.45) is -0.863. The highest BCUT2D eigenvalue weighted by molar-refractivity contribution is 5.94. The number of carbonyl (C=O) groups excluding carboxylic acids is 1. The molecule has 0 radical (unpaired) electrons. The zero-order chi connectivity index (χ0) is 15.4. The highest BCUT2D eigenvalue weighted by atomic mass is 16.4. The number of hydrogen-bond acceptors (Lipinski definition) is 3. The Hall–Kier alpha value is -2.24. The lowest BCUT2D eigenvalue weighted by Crippen LogP contribution is -2.48. The van der Waals surface area contributed by atoms with Gasteiger partial charge < -0.3 is 20.2 Å². The number of piperazine rings is 1. The van der Waals surface area contributed by atoms with Gasteiger partial charge in [-0.25, -0.2) is 4.79 Å². The number of rotatable bonds is 3. The molecule has 114 valence electrons. The molecule has 0 aliphatic carbocycles. The van der Waals surface area contributed by atoms with Crippen molar-refractivity contribution in [1.82, 2.24) is 10.2 Å². The van der Waals surface area contributed by atoms with Crippen LogP contribution in [0.1, 0.15) is 22.8 Å². The second kappa shape index (κ2) is 6.47. The van der Waals surface area contributed by atoms with Crippen molar-refractivity contribution < 1.29 is 14.7 Å². The van der Waals surface area contributed by atoms with Gasteiger partial charge in [0.25, 0.3) is 5.91 Å². The number of benzene rings is 1. The number of carboxylic acid groups (broad SMARTS) is 1. The number of hydrogen-bond donors (Lipinski definition) is 2. The Morgan fingerprint density at radius 3 is 2.43 bits per heavy atom. The van der Waals surface area contributed by atoms with E-state index in [2.05, 4.69) is 10.2 Å². The second-order valence-electron chi connectivity index (χ2n) is 5.12. The van der Waals surface area contributed by atoms with E-state index in [1.807, 2.05) is 32.0 Å². The fourth-order valence-electron chi connectivity index (χ4n) is 2.55. The molecular weight excluding hydrogens is 270 g/mol. The van der Waals surface area contributed by atoms with Crippen LogP contribution < -0.4 is 10.2 Å². The van der Waals surface area contributed by atoms with Crippen LogP contribution in [0.15, 0.2) is 18.2 Å². The average Bonchev–Trinajstić information content (AvgIpc) is 2.47. The Balaban J connectivity index is 2.08. The van der Waals surface area contributed by atoms with Gasteiger partial charge in [-0.3, -0.25) is 4.79 Å². The maximum absolute atomic E-state index is 11.8. The van der Waals surface area contributed by atoms with E-state index in [-0.39, 0.29) is 5.91 Å². The Kier molecular flexibility index (Phi) is 4.67. The Morgan fingerprint density at radius 2 is 1.90 bits per heavy atom. The normalized spacial score (nSPS) is 15.0. The highest BCUT2D eigenvalue weighted by Crippen LogP contribution is 2.22. The van der Waals surface area contributed by atoms with Crippen LogP contribution in [-0.4, -0.2) is 54.7 Å². The van der Waals surface area contributed by atoms with Crippen molar-refractivity contribution in [2.75, 3.05) is 37.6 Å². The monoisotopic (exact) mass is 291 g/mol. The van der Waals surface area contributed by atoms with E-state index in [0.29, 0.717) is 38.3 Å². The van der Waals surface area contributed by atoms with Gasteiger partial charge in [0.05, 0.1) is 0 Å². The van der Waals surface area contributed by atoms with Crippen molar-refractivity contribution in [3.8, 4) is 0 Å². The third-order valence-electron chi connectivity index (χ3n) is 3.69. The van der Waals surface area contributed by atoms with E-state index in [1.54, 1.807) is 0 Å². The lowest BCUT2D eigenvalue weighted by atomic mass is 10.1. The van der Waals surface area contributed by atoms with Gasteiger partial charge in [0.15, 0.2) is 0 Å². The third kappa shape index (κ3) is 3.45. The summed E-state index contributed by atoms with van der Waals surface area (Å²) >= 11 is 0. The first kappa shape index (κ1) is 15.2. The molecule has 2 amide bonds. The molecule has 2 N–H and O–H groups in total. The molecule has 0 unspecified atom stereocenters. The summed E-state index contributed by atoms with van der Waals surface area (Å²) in [7, 11) is 0. The minimum Gasteiger partial charge on any atom is -0.465 e. The molecule has 1 aliphatic rings. The van der Waals surface area contributed by atoms with Crippen molar-refractivity contribution in [3.05, 3.63) is 29.3 Å². The highest BCUT2D eigenvalue weighted by Gasteiger charge is 2.21. The van der Waals surface area contributed by atoms with Crippen LogP contribution in [-0.2, 0) is 0 Å². The lowest BCUT2D eigenvalue weighted by molar-refractivity contribution is 0.0955. The zero-order valence-electron chi connectivity index (χ0n) is 12.4. The van der Waals surface area contributed by atoms with Crippen LogP contribution in [0.4, 0.5) is 10.5 Å². The molecule has 1 aromatic carbocycles. The van der Waals surface area contributed by atoms with Gasteiger partial charge in [-0.05, 0) is 37.6 Å². The number of nitrogens with one attached hydrogen (secondary N) is 1. The predicted molar refractivity (Wildman–Crippen MR) is 81.0 cm³/mol. The van der Waals surface area contributed by atoms with Gasteiger partial charge in [-0.15, -0.1) is 0 Å². The summed E-state index contributed by atoms with van der Waals surface area (Å²) in [4.78, 5) is 26.3. The van der Waals surface area contributed by atoms with E-state index in [4.69, 9.17) is 5.11 Å². The Labute approximate surface area is 124 Å². The van der Waals surface area contributed by atoms with E-state index in [1.165, 1.54) is 4.90 Å². The molecule has 1 fully saturated rings. The molecule has 2 rings (SSSR count). The van der Waals surface area contributed by atoms with Gasteiger partial charge in [0.2, 0.25) is 0 Å². The summed E-state index contributed by atoms with van der Waals surface area (Å²) in [6, 6.07) is 5.64.